The third-order valence-corrected chi connectivity index (χ3v) is 4.06. The number of allylic oxidation sites excluding steroid dienone is 1. The minimum atomic E-state index is 0.111. The van der Waals surface area contributed by atoms with Gasteiger partial charge in [-0.05, 0) is 18.4 Å². The van der Waals surface area contributed by atoms with Gasteiger partial charge in [0.2, 0.25) is 0 Å². The molecular weight excluding hydrogens is 272 g/mol. The van der Waals surface area contributed by atoms with Crippen molar-refractivity contribution in [2.45, 2.75) is 70.7 Å². The Kier molecular flexibility index (Phi) is 8.29. The molecular formula is C20H30O2. The molecule has 0 unspecified atom stereocenters. The Bertz CT molecular complexity index is 409. The molecule has 0 bridgehead atoms. The van der Waals surface area contributed by atoms with Crippen molar-refractivity contribution >= 4 is 0 Å². The molecule has 1 fully saturated rings. The van der Waals surface area contributed by atoms with E-state index in [1.807, 2.05) is 6.07 Å². The van der Waals surface area contributed by atoms with Crippen molar-refractivity contribution in [2.24, 2.45) is 0 Å². The van der Waals surface area contributed by atoms with Crippen LogP contribution in [0, 0.1) is 0 Å². The smallest absolute Gasteiger partial charge is 0.111 e. The SMILES string of the molecule is CCCCCCCC/C=C/[C@H](OCc1ccccc1)[C@H]1CO1. The fraction of sp³-hybridized carbons (Fsp3) is 0.600. The summed E-state index contributed by atoms with van der Waals surface area (Å²) < 4.78 is 11.4. The van der Waals surface area contributed by atoms with Crippen LogP contribution >= 0.6 is 0 Å². The minimum Gasteiger partial charge on any atom is -0.370 e. The van der Waals surface area contributed by atoms with Crippen LogP contribution in [0.3, 0.4) is 0 Å². The molecule has 1 aromatic rings. The van der Waals surface area contributed by atoms with E-state index in [1.54, 1.807) is 0 Å². The van der Waals surface area contributed by atoms with Gasteiger partial charge < -0.3 is 9.47 Å². The lowest BCUT2D eigenvalue weighted by Crippen LogP contribution is -2.16. The fourth-order valence-corrected chi connectivity index (χ4v) is 2.57. The van der Waals surface area contributed by atoms with E-state index in [0.29, 0.717) is 6.61 Å². The van der Waals surface area contributed by atoms with Crippen LogP contribution in [-0.4, -0.2) is 18.8 Å². The first-order valence-electron chi connectivity index (χ1n) is 8.84. The van der Waals surface area contributed by atoms with E-state index in [2.05, 4.69) is 43.3 Å². The molecule has 2 rings (SSSR count). The summed E-state index contributed by atoms with van der Waals surface area (Å²) in [6.45, 7) is 3.76. The van der Waals surface area contributed by atoms with Crippen LogP contribution in [0.5, 0.6) is 0 Å². The Morgan fingerprint density at radius 2 is 1.86 bits per heavy atom. The molecule has 1 heterocycles. The first-order valence-corrected chi connectivity index (χ1v) is 8.84. The summed E-state index contributed by atoms with van der Waals surface area (Å²) in [5, 5.41) is 0. The molecule has 2 heteroatoms. The zero-order valence-electron chi connectivity index (χ0n) is 13.9. The summed E-state index contributed by atoms with van der Waals surface area (Å²) >= 11 is 0. The van der Waals surface area contributed by atoms with Gasteiger partial charge in [-0.25, -0.2) is 0 Å². The van der Waals surface area contributed by atoms with E-state index in [-0.39, 0.29) is 12.2 Å². The predicted molar refractivity (Wildman–Crippen MR) is 91.9 cm³/mol. The second kappa shape index (κ2) is 10.6. The average Bonchev–Trinajstić information content (AvgIpc) is 3.38. The van der Waals surface area contributed by atoms with Gasteiger partial charge in [-0.1, -0.05) is 81.5 Å². The molecule has 0 N–H and O–H groups in total. The van der Waals surface area contributed by atoms with Gasteiger partial charge >= 0.3 is 0 Å². The number of benzene rings is 1. The predicted octanol–water partition coefficient (Wildman–Crippen LogP) is 5.28. The molecule has 0 amide bonds. The largest absolute Gasteiger partial charge is 0.370 e. The van der Waals surface area contributed by atoms with Crippen LogP contribution in [0.2, 0.25) is 0 Å². The number of epoxide rings is 1. The van der Waals surface area contributed by atoms with Gasteiger partial charge in [0.25, 0.3) is 0 Å². The highest BCUT2D eigenvalue weighted by molar-refractivity contribution is 5.13. The highest BCUT2D eigenvalue weighted by Crippen LogP contribution is 2.20. The Morgan fingerprint density at radius 1 is 1.14 bits per heavy atom. The molecule has 0 aromatic heterocycles. The lowest BCUT2D eigenvalue weighted by atomic mass is 10.1. The molecule has 0 spiro atoms. The topological polar surface area (TPSA) is 21.8 Å². The van der Waals surface area contributed by atoms with Crippen molar-refractivity contribution in [3.63, 3.8) is 0 Å². The fourth-order valence-electron chi connectivity index (χ4n) is 2.57. The third kappa shape index (κ3) is 7.24. The zero-order chi connectivity index (χ0) is 15.5. The van der Waals surface area contributed by atoms with Crippen molar-refractivity contribution in [3.05, 3.63) is 48.0 Å². The van der Waals surface area contributed by atoms with Gasteiger partial charge in [0.05, 0.1) is 13.2 Å². The van der Waals surface area contributed by atoms with Gasteiger partial charge in [-0.2, -0.15) is 0 Å². The summed E-state index contributed by atoms with van der Waals surface area (Å²) in [6, 6.07) is 10.3. The Hall–Kier alpha value is -1.12. The van der Waals surface area contributed by atoms with Crippen LogP contribution < -0.4 is 0 Å². The van der Waals surface area contributed by atoms with Crippen LogP contribution in [0.15, 0.2) is 42.5 Å². The summed E-state index contributed by atoms with van der Waals surface area (Å²) in [6.07, 6.45) is 14.1. The quantitative estimate of drug-likeness (QED) is 0.298. The number of ether oxygens (including phenoxy) is 2. The molecule has 122 valence electrons. The van der Waals surface area contributed by atoms with Crippen LogP contribution in [0.25, 0.3) is 0 Å². The Morgan fingerprint density at radius 3 is 2.59 bits per heavy atom. The third-order valence-electron chi connectivity index (χ3n) is 4.06. The van der Waals surface area contributed by atoms with E-state index >= 15 is 0 Å². The summed E-state index contributed by atoms with van der Waals surface area (Å²) in [5.74, 6) is 0. The number of rotatable bonds is 12. The van der Waals surface area contributed by atoms with Crippen molar-refractivity contribution < 1.29 is 9.47 Å². The molecule has 0 aliphatic carbocycles. The van der Waals surface area contributed by atoms with E-state index < -0.39 is 0 Å². The van der Waals surface area contributed by atoms with Gasteiger partial charge in [0.15, 0.2) is 0 Å². The number of hydrogen-bond acceptors (Lipinski definition) is 2. The maximum absolute atomic E-state index is 6.00. The van der Waals surface area contributed by atoms with Crippen molar-refractivity contribution in [2.75, 3.05) is 6.61 Å². The van der Waals surface area contributed by atoms with Crippen LogP contribution in [0.1, 0.15) is 57.4 Å². The summed E-state index contributed by atoms with van der Waals surface area (Å²) in [5.41, 5.74) is 1.22. The monoisotopic (exact) mass is 302 g/mol. The van der Waals surface area contributed by atoms with Crippen LogP contribution in [0.4, 0.5) is 0 Å². The summed E-state index contributed by atoms with van der Waals surface area (Å²) in [4.78, 5) is 0. The first-order chi connectivity index (χ1) is 10.9. The highest BCUT2D eigenvalue weighted by Gasteiger charge is 2.31. The van der Waals surface area contributed by atoms with Gasteiger partial charge in [0.1, 0.15) is 12.2 Å². The second-order valence-electron chi connectivity index (χ2n) is 6.12. The zero-order valence-corrected chi connectivity index (χ0v) is 13.9. The van der Waals surface area contributed by atoms with Crippen molar-refractivity contribution in [1.82, 2.24) is 0 Å². The molecule has 1 aliphatic heterocycles. The number of unbranched alkanes of at least 4 members (excludes halogenated alkanes) is 6. The standard InChI is InChI=1S/C20H30O2/c1-2-3-4-5-6-7-8-12-15-19(20-17-22-20)21-16-18-13-10-9-11-14-18/h9-15,19-20H,2-8,16-17H2,1H3/b15-12+/t19-,20+/m0/s1. The van der Waals surface area contributed by atoms with Crippen molar-refractivity contribution in [1.29, 1.82) is 0 Å². The second-order valence-corrected chi connectivity index (χ2v) is 6.12. The lowest BCUT2D eigenvalue weighted by Gasteiger charge is -2.11. The van der Waals surface area contributed by atoms with E-state index in [4.69, 9.17) is 9.47 Å². The molecule has 0 saturated carbocycles. The molecule has 1 aliphatic rings. The molecule has 1 saturated heterocycles. The molecule has 1 aromatic carbocycles. The summed E-state index contributed by atoms with van der Waals surface area (Å²) in [7, 11) is 0. The first kappa shape index (κ1) is 17.2. The van der Waals surface area contributed by atoms with Crippen LogP contribution in [-0.2, 0) is 16.1 Å². The maximum Gasteiger partial charge on any atom is 0.111 e. The molecule has 22 heavy (non-hydrogen) atoms. The normalized spacial score (nSPS) is 18.7. The van der Waals surface area contributed by atoms with Gasteiger partial charge in [-0.15, -0.1) is 0 Å². The lowest BCUT2D eigenvalue weighted by molar-refractivity contribution is 0.0524. The van der Waals surface area contributed by atoms with Gasteiger partial charge in [0, 0.05) is 0 Å². The maximum atomic E-state index is 6.00. The molecule has 2 nitrogen and oxygen atoms in total. The molecule has 2 atom stereocenters. The Labute approximate surface area is 135 Å². The van der Waals surface area contributed by atoms with E-state index in [1.165, 1.54) is 44.1 Å². The average molecular weight is 302 g/mol. The van der Waals surface area contributed by atoms with Crippen molar-refractivity contribution in [3.8, 4) is 0 Å². The molecule has 0 radical (unpaired) electrons. The van der Waals surface area contributed by atoms with Gasteiger partial charge in [-0.3, -0.25) is 0 Å². The highest BCUT2D eigenvalue weighted by atomic mass is 16.6. The van der Waals surface area contributed by atoms with E-state index in [0.717, 1.165) is 13.0 Å². The number of hydrogen-bond donors (Lipinski definition) is 0. The Balaban J connectivity index is 1.61. The minimum absolute atomic E-state index is 0.111. The van der Waals surface area contributed by atoms with E-state index in [9.17, 15) is 0 Å².